The average Bonchev–Trinajstić information content (AvgIpc) is 2.92. The van der Waals surface area contributed by atoms with Crippen molar-refractivity contribution in [1.82, 2.24) is 14.5 Å². The fourth-order valence-electron chi connectivity index (χ4n) is 2.09. The molecule has 0 unspecified atom stereocenters. The molecule has 3 aromatic rings. The van der Waals surface area contributed by atoms with Crippen LogP contribution in [0.1, 0.15) is 10.7 Å². The molecule has 0 saturated heterocycles. The molecule has 0 aliphatic heterocycles. The second kappa shape index (κ2) is 5.07. The Morgan fingerprint density at radius 1 is 1.47 bits per heavy atom. The number of H-pyrrole nitrogens is 1. The highest BCUT2D eigenvalue weighted by molar-refractivity contribution is 7.71. The summed E-state index contributed by atoms with van der Waals surface area (Å²) in [7, 11) is 0. The van der Waals surface area contributed by atoms with Gasteiger partial charge in [-0.1, -0.05) is 17.7 Å². The van der Waals surface area contributed by atoms with Crippen molar-refractivity contribution in [3.8, 4) is 0 Å². The standard InChI is InChI=1S/C13H12ClN3S2/c1-8-7-19-11(15-8)5-6-17-10-4-2-3-9(14)12(10)16-13(17)18/h2-4,7H,5-6H2,1H3,(H,16,18). The molecule has 0 radical (unpaired) electrons. The summed E-state index contributed by atoms with van der Waals surface area (Å²) in [6.07, 6.45) is 0.881. The molecule has 0 saturated carbocycles. The fraction of sp³-hybridized carbons (Fsp3) is 0.231. The van der Waals surface area contributed by atoms with Gasteiger partial charge in [-0.05, 0) is 31.3 Å². The SMILES string of the molecule is Cc1csc(CCn2c(=S)[nH]c3c(Cl)cccc32)n1. The van der Waals surface area contributed by atoms with Crippen LogP contribution in [-0.4, -0.2) is 14.5 Å². The van der Waals surface area contributed by atoms with Crippen LogP contribution in [0.4, 0.5) is 0 Å². The van der Waals surface area contributed by atoms with Crippen molar-refractivity contribution >= 4 is 46.2 Å². The summed E-state index contributed by atoms with van der Waals surface area (Å²) in [6.45, 7) is 2.82. The third-order valence-corrected chi connectivity index (χ3v) is 4.64. The molecular formula is C13H12ClN3S2. The highest BCUT2D eigenvalue weighted by Crippen LogP contribution is 2.23. The van der Waals surface area contributed by atoms with Gasteiger partial charge in [0.1, 0.15) is 0 Å². The first-order valence-electron chi connectivity index (χ1n) is 5.93. The number of hydrogen-bond donors (Lipinski definition) is 1. The third kappa shape index (κ3) is 2.45. The molecule has 0 amide bonds. The number of nitrogens with zero attached hydrogens (tertiary/aromatic N) is 2. The minimum atomic E-state index is 0.701. The Kier molecular flexibility index (Phi) is 3.43. The molecule has 3 nitrogen and oxygen atoms in total. The maximum absolute atomic E-state index is 6.16. The highest BCUT2D eigenvalue weighted by atomic mass is 35.5. The normalized spacial score (nSPS) is 11.3. The van der Waals surface area contributed by atoms with Gasteiger partial charge in [0.05, 0.1) is 21.1 Å². The number of aromatic amines is 1. The average molecular weight is 310 g/mol. The molecule has 1 aromatic carbocycles. The van der Waals surface area contributed by atoms with Crippen molar-refractivity contribution in [1.29, 1.82) is 0 Å². The van der Waals surface area contributed by atoms with E-state index in [2.05, 4.69) is 19.9 Å². The van der Waals surface area contributed by atoms with Gasteiger partial charge < -0.3 is 9.55 Å². The summed E-state index contributed by atoms with van der Waals surface area (Å²) in [5, 5.41) is 3.91. The second-order valence-electron chi connectivity index (χ2n) is 4.35. The lowest BCUT2D eigenvalue weighted by Gasteiger charge is -2.02. The largest absolute Gasteiger partial charge is 0.329 e. The van der Waals surface area contributed by atoms with Crippen LogP contribution in [-0.2, 0) is 13.0 Å². The van der Waals surface area contributed by atoms with Gasteiger partial charge in [0, 0.05) is 24.0 Å². The minimum Gasteiger partial charge on any atom is -0.329 e. The van der Waals surface area contributed by atoms with E-state index in [0.29, 0.717) is 9.79 Å². The topological polar surface area (TPSA) is 33.6 Å². The van der Waals surface area contributed by atoms with Crippen LogP contribution in [0.3, 0.4) is 0 Å². The van der Waals surface area contributed by atoms with Gasteiger partial charge in [0.2, 0.25) is 0 Å². The predicted octanol–water partition coefficient (Wildman–Crippen LogP) is 4.36. The summed E-state index contributed by atoms with van der Waals surface area (Å²) in [6, 6.07) is 5.83. The first-order chi connectivity index (χ1) is 9.15. The molecule has 0 aliphatic carbocycles. The molecule has 19 heavy (non-hydrogen) atoms. The lowest BCUT2D eigenvalue weighted by Crippen LogP contribution is -2.01. The van der Waals surface area contributed by atoms with Crippen LogP contribution in [0.15, 0.2) is 23.6 Å². The van der Waals surface area contributed by atoms with E-state index in [1.165, 1.54) is 0 Å². The van der Waals surface area contributed by atoms with Crippen LogP contribution >= 0.6 is 35.2 Å². The Labute approximate surface area is 124 Å². The number of fused-ring (bicyclic) bond motifs is 1. The minimum absolute atomic E-state index is 0.701. The maximum Gasteiger partial charge on any atom is 0.178 e. The van der Waals surface area contributed by atoms with Crippen molar-refractivity contribution in [2.75, 3.05) is 0 Å². The first-order valence-corrected chi connectivity index (χ1v) is 7.60. The molecule has 2 aromatic heterocycles. The van der Waals surface area contributed by atoms with Crippen molar-refractivity contribution < 1.29 is 0 Å². The third-order valence-electron chi connectivity index (χ3n) is 2.98. The zero-order valence-corrected chi connectivity index (χ0v) is 12.7. The van der Waals surface area contributed by atoms with Crippen LogP contribution < -0.4 is 0 Å². The van der Waals surface area contributed by atoms with Gasteiger partial charge in [-0.2, -0.15) is 0 Å². The maximum atomic E-state index is 6.16. The number of rotatable bonds is 3. The molecular weight excluding hydrogens is 298 g/mol. The lowest BCUT2D eigenvalue weighted by atomic mass is 10.3. The molecule has 0 atom stereocenters. The molecule has 0 fully saturated rings. The quantitative estimate of drug-likeness (QED) is 0.729. The van der Waals surface area contributed by atoms with Gasteiger partial charge in [-0.15, -0.1) is 11.3 Å². The number of benzene rings is 1. The fourth-order valence-corrected chi connectivity index (χ4v) is 3.37. The van der Waals surface area contributed by atoms with E-state index < -0.39 is 0 Å². The number of halogens is 1. The molecule has 0 aliphatic rings. The van der Waals surface area contributed by atoms with E-state index in [1.807, 2.05) is 25.1 Å². The van der Waals surface area contributed by atoms with E-state index in [1.54, 1.807) is 11.3 Å². The Morgan fingerprint density at radius 3 is 3.05 bits per heavy atom. The second-order valence-corrected chi connectivity index (χ2v) is 6.08. The van der Waals surface area contributed by atoms with E-state index in [9.17, 15) is 0 Å². The number of thiazole rings is 1. The number of aryl methyl sites for hydroxylation is 3. The lowest BCUT2D eigenvalue weighted by molar-refractivity contribution is 0.703. The molecule has 0 bridgehead atoms. The van der Waals surface area contributed by atoms with Crippen LogP contribution in [0.25, 0.3) is 11.0 Å². The monoisotopic (exact) mass is 309 g/mol. The zero-order chi connectivity index (χ0) is 13.4. The summed E-state index contributed by atoms with van der Waals surface area (Å²) >= 11 is 13.2. The van der Waals surface area contributed by atoms with E-state index in [4.69, 9.17) is 23.8 Å². The highest BCUT2D eigenvalue weighted by Gasteiger charge is 2.08. The Morgan fingerprint density at radius 2 is 2.32 bits per heavy atom. The Hall–Kier alpha value is -1.17. The Balaban J connectivity index is 1.95. The van der Waals surface area contributed by atoms with Gasteiger partial charge >= 0.3 is 0 Å². The summed E-state index contributed by atoms with van der Waals surface area (Å²) in [4.78, 5) is 7.64. The van der Waals surface area contributed by atoms with Crippen molar-refractivity contribution in [2.24, 2.45) is 0 Å². The molecule has 2 heterocycles. The smallest absolute Gasteiger partial charge is 0.178 e. The van der Waals surface area contributed by atoms with Crippen molar-refractivity contribution in [3.05, 3.63) is 44.1 Å². The van der Waals surface area contributed by atoms with Crippen LogP contribution in [0.2, 0.25) is 5.02 Å². The number of hydrogen-bond acceptors (Lipinski definition) is 3. The van der Waals surface area contributed by atoms with Crippen molar-refractivity contribution in [3.63, 3.8) is 0 Å². The Bertz CT molecular complexity index is 785. The molecule has 6 heteroatoms. The summed E-state index contributed by atoms with van der Waals surface area (Å²) in [5.74, 6) is 0. The number of nitrogens with one attached hydrogen (secondary N) is 1. The molecule has 98 valence electrons. The predicted molar refractivity (Wildman–Crippen MR) is 82.7 cm³/mol. The van der Waals surface area contributed by atoms with Crippen LogP contribution in [0.5, 0.6) is 0 Å². The number of aromatic nitrogens is 3. The first kappa shape index (κ1) is 12.8. The molecule has 0 spiro atoms. The summed E-state index contributed by atoms with van der Waals surface area (Å²) < 4.78 is 2.78. The van der Waals surface area contributed by atoms with Gasteiger partial charge in [-0.25, -0.2) is 4.98 Å². The van der Waals surface area contributed by atoms with E-state index in [0.717, 1.165) is 34.7 Å². The van der Waals surface area contributed by atoms with Crippen molar-refractivity contribution in [2.45, 2.75) is 19.9 Å². The zero-order valence-electron chi connectivity index (χ0n) is 10.3. The van der Waals surface area contributed by atoms with Gasteiger partial charge in [0.15, 0.2) is 4.77 Å². The number of para-hydroxylation sites is 1. The van der Waals surface area contributed by atoms with E-state index in [-0.39, 0.29) is 0 Å². The van der Waals surface area contributed by atoms with Gasteiger partial charge in [0.25, 0.3) is 0 Å². The van der Waals surface area contributed by atoms with E-state index >= 15 is 0 Å². The van der Waals surface area contributed by atoms with Gasteiger partial charge in [-0.3, -0.25) is 0 Å². The van der Waals surface area contributed by atoms with Crippen LogP contribution in [0, 0.1) is 11.7 Å². The summed E-state index contributed by atoms with van der Waals surface area (Å²) in [5.41, 5.74) is 3.03. The molecule has 3 rings (SSSR count). The number of imidazole rings is 1. The molecule has 1 N–H and O–H groups in total.